The number of hydrogen-bond acceptors (Lipinski definition) is 5. The van der Waals surface area contributed by atoms with Crippen molar-refractivity contribution in [1.29, 1.82) is 0 Å². The predicted octanol–water partition coefficient (Wildman–Crippen LogP) is 5.18. The Bertz CT molecular complexity index is 1050. The molecule has 5 nitrogen and oxygen atoms in total. The molecule has 0 unspecified atom stereocenters. The normalized spacial score (nSPS) is 10.6. The Hall–Kier alpha value is -2.70. The van der Waals surface area contributed by atoms with Gasteiger partial charge in [-0.25, -0.2) is 9.78 Å². The van der Waals surface area contributed by atoms with Gasteiger partial charge in [-0.3, -0.25) is 4.79 Å². The van der Waals surface area contributed by atoms with Crippen molar-refractivity contribution in [2.75, 3.05) is 11.9 Å². The quantitative estimate of drug-likeness (QED) is 0.584. The number of benzene rings is 2. The molecule has 7 heteroatoms. The lowest BCUT2D eigenvalue weighted by atomic mass is 10.1. The molecule has 0 spiro atoms. The van der Waals surface area contributed by atoms with Gasteiger partial charge in [0, 0.05) is 16.3 Å². The minimum atomic E-state index is -0.570. The molecule has 144 valence electrons. The fourth-order valence-electron chi connectivity index (χ4n) is 2.58. The minimum absolute atomic E-state index is 0.365. The summed E-state index contributed by atoms with van der Waals surface area (Å²) in [5, 5.41) is 4.03. The molecule has 0 radical (unpaired) electrons. The zero-order chi connectivity index (χ0) is 20.3. The highest BCUT2D eigenvalue weighted by atomic mass is 35.5. The number of hydrogen-bond donors (Lipinski definition) is 1. The Morgan fingerprint density at radius 2 is 1.93 bits per heavy atom. The molecular formula is C21H19ClN2O3S. The van der Waals surface area contributed by atoms with Crippen LogP contribution in [0, 0.1) is 20.8 Å². The number of nitrogens with one attached hydrogen (secondary N) is 1. The van der Waals surface area contributed by atoms with Gasteiger partial charge in [-0.05, 0) is 50.1 Å². The first-order valence-corrected chi connectivity index (χ1v) is 9.80. The Balaban J connectivity index is 1.65. The number of anilines is 1. The number of ether oxygens (including phenoxy) is 1. The van der Waals surface area contributed by atoms with Gasteiger partial charge in [0.2, 0.25) is 0 Å². The number of amides is 1. The highest BCUT2D eigenvalue weighted by Crippen LogP contribution is 2.30. The molecule has 1 amide bonds. The van der Waals surface area contributed by atoms with Crippen LogP contribution in [0.4, 0.5) is 5.69 Å². The molecule has 3 aromatic rings. The monoisotopic (exact) mass is 414 g/mol. The van der Waals surface area contributed by atoms with E-state index in [9.17, 15) is 9.59 Å². The summed E-state index contributed by atoms with van der Waals surface area (Å²) in [4.78, 5) is 29.3. The van der Waals surface area contributed by atoms with E-state index in [-0.39, 0.29) is 12.5 Å². The van der Waals surface area contributed by atoms with Crippen molar-refractivity contribution >= 4 is 40.5 Å². The maximum Gasteiger partial charge on any atom is 0.350 e. The summed E-state index contributed by atoms with van der Waals surface area (Å²) in [5.41, 5.74) is 4.06. The lowest BCUT2D eigenvalue weighted by Gasteiger charge is -2.09. The van der Waals surface area contributed by atoms with Gasteiger partial charge in [-0.15, -0.1) is 11.3 Å². The summed E-state index contributed by atoms with van der Waals surface area (Å²) >= 11 is 7.23. The lowest BCUT2D eigenvalue weighted by molar-refractivity contribution is -0.119. The summed E-state index contributed by atoms with van der Waals surface area (Å²) in [7, 11) is 0. The SMILES string of the molecule is Cc1ccc(C)c(NC(=O)COC(=O)c2sc(-c3cccc(Cl)c3)nc2C)c1. The van der Waals surface area contributed by atoms with Gasteiger partial charge in [0.15, 0.2) is 6.61 Å². The molecule has 0 bridgehead atoms. The van der Waals surface area contributed by atoms with Crippen LogP contribution in [0.2, 0.25) is 5.02 Å². The minimum Gasteiger partial charge on any atom is -0.451 e. The molecule has 1 aromatic heterocycles. The van der Waals surface area contributed by atoms with Gasteiger partial charge in [0.05, 0.1) is 5.69 Å². The molecule has 1 N–H and O–H groups in total. The summed E-state index contributed by atoms with van der Waals surface area (Å²) in [6.45, 7) is 5.21. The van der Waals surface area contributed by atoms with E-state index >= 15 is 0 Å². The molecule has 3 rings (SSSR count). The number of aromatic nitrogens is 1. The fourth-order valence-corrected chi connectivity index (χ4v) is 3.73. The molecule has 2 aromatic carbocycles. The first kappa shape index (κ1) is 20.0. The van der Waals surface area contributed by atoms with Crippen LogP contribution in [0.5, 0.6) is 0 Å². The van der Waals surface area contributed by atoms with Gasteiger partial charge in [0.25, 0.3) is 5.91 Å². The Morgan fingerprint density at radius 1 is 1.14 bits per heavy atom. The van der Waals surface area contributed by atoms with Crippen molar-refractivity contribution in [2.24, 2.45) is 0 Å². The third-order valence-electron chi connectivity index (χ3n) is 4.06. The van der Waals surface area contributed by atoms with Gasteiger partial charge >= 0.3 is 5.97 Å². The van der Waals surface area contributed by atoms with E-state index in [2.05, 4.69) is 10.3 Å². The number of esters is 1. The van der Waals surface area contributed by atoms with Crippen LogP contribution in [0.3, 0.4) is 0 Å². The van der Waals surface area contributed by atoms with E-state index in [1.165, 1.54) is 11.3 Å². The zero-order valence-electron chi connectivity index (χ0n) is 15.7. The van der Waals surface area contributed by atoms with Gasteiger partial charge < -0.3 is 10.1 Å². The maximum atomic E-state index is 12.4. The smallest absolute Gasteiger partial charge is 0.350 e. The summed E-state index contributed by atoms with van der Waals surface area (Å²) < 4.78 is 5.18. The van der Waals surface area contributed by atoms with Crippen molar-refractivity contribution in [3.8, 4) is 10.6 Å². The van der Waals surface area contributed by atoms with Crippen LogP contribution >= 0.6 is 22.9 Å². The number of rotatable bonds is 5. The van der Waals surface area contributed by atoms with Crippen molar-refractivity contribution in [1.82, 2.24) is 4.98 Å². The van der Waals surface area contributed by atoms with Crippen LogP contribution in [-0.4, -0.2) is 23.5 Å². The first-order valence-electron chi connectivity index (χ1n) is 8.61. The largest absolute Gasteiger partial charge is 0.451 e. The average Bonchev–Trinajstić information content (AvgIpc) is 3.05. The van der Waals surface area contributed by atoms with E-state index < -0.39 is 5.97 Å². The summed E-state index contributed by atoms with van der Waals surface area (Å²) in [5.74, 6) is -0.960. The lowest BCUT2D eigenvalue weighted by Crippen LogP contribution is -2.21. The van der Waals surface area contributed by atoms with E-state index in [0.29, 0.717) is 26.3 Å². The van der Waals surface area contributed by atoms with E-state index in [0.717, 1.165) is 16.7 Å². The second kappa shape index (κ2) is 8.54. The maximum absolute atomic E-state index is 12.4. The molecule has 0 aliphatic rings. The number of nitrogens with zero attached hydrogens (tertiary/aromatic N) is 1. The van der Waals surface area contributed by atoms with Gasteiger partial charge in [-0.2, -0.15) is 0 Å². The highest BCUT2D eigenvalue weighted by molar-refractivity contribution is 7.17. The van der Waals surface area contributed by atoms with Crippen LogP contribution in [0.15, 0.2) is 42.5 Å². The van der Waals surface area contributed by atoms with Crippen LogP contribution < -0.4 is 5.32 Å². The molecule has 28 heavy (non-hydrogen) atoms. The van der Waals surface area contributed by atoms with Gasteiger partial charge in [-0.1, -0.05) is 35.9 Å². The Kier molecular flexibility index (Phi) is 6.11. The number of carbonyl (C=O) groups is 2. The third-order valence-corrected chi connectivity index (χ3v) is 5.48. The zero-order valence-corrected chi connectivity index (χ0v) is 17.3. The van der Waals surface area contributed by atoms with E-state index in [1.807, 2.05) is 44.2 Å². The Morgan fingerprint density at radius 3 is 2.68 bits per heavy atom. The van der Waals surface area contributed by atoms with Gasteiger partial charge in [0.1, 0.15) is 9.88 Å². The van der Waals surface area contributed by atoms with Crippen molar-refractivity contribution in [3.05, 3.63) is 69.2 Å². The van der Waals surface area contributed by atoms with Crippen LogP contribution in [0.25, 0.3) is 10.6 Å². The van der Waals surface area contributed by atoms with Crippen molar-refractivity contribution in [2.45, 2.75) is 20.8 Å². The molecule has 0 fully saturated rings. The van der Waals surface area contributed by atoms with Crippen molar-refractivity contribution in [3.63, 3.8) is 0 Å². The molecule has 1 heterocycles. The predicted molar refractivity (Wildman–Crippen MR) is 112 cm³/mol. The standard InChI is InChI=1S/C21H19ClN2O3S/c1-12-7-8-13(2)17(9-12)24-18(25)11-27-21(26)19-14(3)23-20(28-19)15-5-4-6-16(22)10-15/h4-10H,11H2,1-3H3,(H,24,25). The molecule has 0 saturated carbocycles. The summed E-state index contributed by atoms with van der Waals surface area (Å²) in [6.07, 6.45) is 0. The van der Waals surface area contributed by atoms with E-state index in [1.54, 1.807) is 19.1 Å². The molecule has 0 aliphatic carbocycles. The van der Waals surface area contributed by atoms with Crippen LogP contribution in [-0.2, 0) is 9.53 Å². The highest BCUT2D eigenvalue weighted by Gasteiger charge is 2.19. The average molecular weight is 415 g/mol. The summed E-state index contributed by atoms with van der Waals surface area (Å²) in [6, 6.07) is 13.0. The molecule has 0 atom stereocenters. The number of carbonyl (C=O) groups excluding carboxylic acids is 2. The fraction of sp³-hybridized carbons (Fsp3) is 0.190. The second-order valence-corrected chi connectivity index (χ2v) is 7.82. The topological polar surface area (TPSA) is 68.3 Å². The van der Waals surface area contributed by atoms with E-state index in [4.69, 9.17) is 16.3 Å². The first-order chi connectivity index (χ1) is 13.3. The molecule has 0 saturated heterocycles. The van der Waals surface area contributed by atoms with Crippen LogP contribution in [0.1, 0.15) is 26.5 Å². The molecule has 0 aliphatic heterocycles. The number of thiazole rings is 1. The third kappa shape index (κ3) is 4.77. The number of halogens is 1. The molecular weight excluding hydrogens is 396 g/mol. The van der Waals surface area contributed by atoms with Crippen molar-refractivity contribution < 1.29 is 14.3 Å². The second-order valence-electron chi connectivity index (χ2n) is 6.39. The number of aryl methyl sites for hydroxylation is 3. The Labute approximate surface area is 172 Å².